The number of hydrogen-bond donors (Lipinski definition) is 1. The average Bonchev–Trinajstić information content (AvgIpc) is 2.59. The Hall–Kier alpha value is -1.69. The zero-order valence-corrected chi connectivity index (χ0v) is 15.7. The normalized spacial score (nSPS) is 20.4. The molecule has 138 valence electrons. The van der Waals surface area contributed by atoms with Gasteiger partial charge < -0.3 is 14.9 Å². The van der Waals surface area contributed by atoms with Gasteiger partial charge in [0.2, 0.25) is 5.91 Å². The number of amides is 1. The number of nitrogens with zero attached hydrogens (tertiary/aromatic N) is 4. The Labute approximate surface area is 150 Å². The standard InChI is InChI=1S/C19H30N4O2/c1-4-16-14(2)20-15(3)21-18(16)22-9-7-19(8-10-22)6-5-17(25)23(13-19)11-12-24/h24H,4-13H2,1-3H3. The van der Waals surface area contributed by atoms with Crippen LogP contribution in [0.5, 0.6) is 0 Å². The van der Waals surface area contributed by atoms with Crippen LogP contribution in [0.15, 0.2) is 0 Å². The molecule has 1 N–H and O–H groups in total. The molecule has 2 aliphatic heterocycles. The van der Waals surface area contributed by atoms with Crippen LogP contribution in [0.25, 0.3) is 0 Å². The SMILES string of the molecule is CCc1c(C)nc(C)nc1N1CCC2(CCC(=O)N(CCO)C2)CC1. The van der Waals surface area contributed by atoms with Crippen LogP contribution in [-0.2, 0) is 11.2 Å². The number of aryl methyl sites for hydroxylation is 2. The van der Waals surface area contributed by atoms with Gasteiger partial charge in [-0.1, -0.05) is 6.92 Å². The monoisotopic (exact) mass is 346 g/mol. The lowest BCUT2D eigenvalue weighted by Crippen LogP contribution is -2.52. The van der Waals surface area contributed by atoms with Gasteiger partial charge in [0, 0.05) is 43.9 Å². The molecule has 0 aliphatic carbocycles. The van der Waals surface area contributed by atoms with E-state index in [9.17, 15) is 9.90 Å². The summed E-state index contributed by atoms with van der Waals surface area (Å²) < 4.78 is 0. The summed E-state index contributed by atoms with van der Waals surface area (Å²) in [5, 5.41) is 9.21. The van der Waals surface area contributed by atoms with Crippen LogP contribution in [-0.4, -0.2) is 58.7 Å². The van der Waals surface area contributed by atoms with Crippen LogP contribution in [0.1, 0.15) is 49.7 Å². The number of rotatable bonds is 4. The second-order valence-corrected chi connectivity index (χ2v) is 7.54. The van der Waals surface area contributed by atoms with Crippen LogP contribution >= 0.6 is 0 Å². The summed E-state index contributed by atoms with van der Waals surface area (Å²) in [7, 11) is 0. The number of piperidine rings is 2. The number of carbonyl (C=O) groups excluding carboxylic acids is 1. The highest BCUT2D eigenvalue weighted by Crippen LogP contribution is 2.41. The number of anilines is 1. The summed E-state index contributed by atoms with van der Waals surface area (Å²) in [6.07, 6.45) is 4.69. The number of hydrogen-bond acceptors (Lipinski definition) is 5. The second kappa shape index (κ2) is 7.28. The summed E-state index contributed by atoms with van der Waals surface area (Å²) in [5.74, 6) is 2.13. The van der Waals surface area contributed by atoms with Crippen LogP contribution in [0.3, 0.4) is 0 Å². The van der Waals surface area contributed by atoms with Crippen molar-refractivity contribution < 1.29 is 9.90 Å². The lowest BCUT2D eigenvalue weighted by molar-refractivity contribution is -0.138. The molecule has 2 aliphatic rings. The van der Waals surface area contributed by atoms with Crippen molar-refractivity contribution in [3.05, 3.63) is 17.1 Å². The molecule has 6 heteroatoms. The molecule has 0 saturated carbocycles. The number of aliphatic hydroxyl groups is 1. The van der Waals surface area contributed by atoms with Gasteiger partial charge in [0.15, 0.2) is 0 Å². The quantitative estimate of drug-likeness (QED) is 0.901. The van der Waals surface area contributed by atoms with Crippen molar-refractivity contribution in [3.8, 4) is 0 Å². The third kappa shape index (κ3) is 3.64. The maximum atomic E-state index is 12.0. The van der Waals surface area contributed by atoms with E-state index in [0.29, 0.717) is 13.0 Å². The summed E-state index contributed by atoms with van der Waals surface area (Å²) in [6.45, 7) is 9.46. The molecular formula is C19H30N4O2. The lowest BCUT2D eigenvalue weighted by Gasteiger charge is -2.47. The predicted octanol–water partition coefficient (Wildman–Crippen LogP) is 1.86. The van der Waals surface area contributed by atoms with Crippen molar-refractivity contribution in [3.63, 3.8) is 0 Å². The van der Waals surface area contributed by atoms with Crippen molar-refractivity contribution >= 4 is 11.7 Å². The number of β-amino-alcohol motifs (C(OH)–C–C–N with tert-alkyl or cyclic N) is 1. The van der Waals surface area contributed by atoms with Gasteiger partial charge in [-0.2, -0.15) is 0 Å². The molecule has 0 bridgehead atoms. The van der Waals surface area contributed by atoms with Crippen molar-refractivity contribution in [1.82, 2.24) is 14.9 Å². The highest BCUT2D eigenvalue weighted by atomic mass is 16.3. The first-order valence-electron chi connectivity index (χ1n) is 9.46. The molecule has 1 aromatic heterocycles. The van der Waals surface area contributed by atoms with Crippen molar-refractivity contribution in [2.24, 2.45) is 5.41 Å². The Kier molecular flexibility index (Phi) is 5.27. The fraction of sp³-hybridized carbons (Fsp3) is 0.737. The predicted molar refractivity (Wildman–Crippen MR) is 97.7 cm³/mol. The first-order chi connectivity index (χ1) is 12.0. The van der Waals surface area contributed by atoms with E-state index < -0.39 is 0 Å². The van der Waals surface area contributed by atoms with Gasteiger partial charge in [-0.25, -0.2) is 9.97 Å². The van der Waals surface area contributed by atoms with E-state index in [-0.39, 0.29) is 17.9 Å². The van der Waals surface area contributed by atoms with E-state index in [1.807, 2.05) is 11.8 Å². The Balaban J connectivity index is 1.73. The molecule has 2 saturated heterocycles. The van der Waals surface area contributed by atoms with Crippen molar-refractivity contribution in [1.29, 1.82) is 0 Å². The largest absolute Gasteiger partial charge is 0.395 e. The highest BCUT2D eigenvalue weighted by molar-refractivity contribution is 5.77. The van der Waals surface area contributed by atoms with E-state index in [2.05, 4.69) is 23.7 Å². The summed E-state index contributed by atoms with van der Waals surface area (Å²) in [5.41, 5.74) is 2.55. The van der Waals surface area contributed by atoms with Gasteiger partial charge in [0.05, 0.1) is 6.61 Å². The van der Waals surface area contributed by atoms with Gasteiger partial charge in [-0.15, -0.1) is 0 Å². The molecular weight excluding hydrogens is 316 g/mol. The minimum absolute atomic E-state index is 0.0489. The van der Waals surface area contributed by atoms with E-state index in [0.717, 1.165) is 62.7 Å². The third-order valence-electron chi connectivity index (χ3n) is 5.90. The average molecular weight is 346 g/mol. The van der Waals surface area contributed by atoms with Crippen molar-refractivity contribution in [2.45, 2.75) is 52.9 Å². The van der Waals surface area contributed by atoms with E-state index in [1.165, 1.54) is 5.56 Å². The minimum Gasteiger partial charge on any atom is -0.395 e. The first-order valence-corrected chi connectivity index (χ1v) is 9.46. The number of aliphatic hydroxyl groups excluding tert-OH is 1. The highest BCUT2D eigenvalue weighted by Gasteiger charge is 2.41. The molecule has 0 aromatic carbocycles. The van der Waals surface area contributed by atoms with E-state index in [1.54, 1.807) is 0 Å². The molecule has 2 fully saturated rings. The maximum Gasteiger partial charge on any atom is 0.222 e. The lowest BCUT2D eigenvalue weighted by atomic mass is 9.72. The minimum atomic E-state index is 0.0489. The fourth-order valence-corrected chi connectivity index (χ4v) is 4.42. The summed E-state index contributed by atoms with van der Waals surface area (Å²) >= 11 is 0. The molecule has 3 heterocycles. The Bertz CT molecular complexity index is 639. The Morgan fingerprint density at radius 1 is 1.16 bits per heavy atom. The molecule has 6 nitrogen and oxygen atoms in total. The second-order valence-electron chi connectivity index (χ2n) is 7.54. The number of aromatic nitrogens is 2. The maximum absolute atomic E-state index is 12.0. The Morgan fingerprint density at radius 2 is 1.88 bits per heavy atom. The van der Waals surface area contributed by atoms with Crippen LogP contribution in [0, 0.1) is 19.3 Å². The van der Waals surface area contributed by atoms with Gasteiger partial charge in [0.1, 0.15) is 11.6 Å². The fourth-order valence-electron chi connectivity index (χ4n) is 4.42. The van der Waals surface area contributed by atoms with E-state index >= 15 is 0 Å². The molecule has 1 amide bonds. The third-order valence-corrected chi connectivity index (χ3v) is 5.90. The van der Waals surface area contributed by atoms with Gasteiger partial charge in [-0.05, 0) is 44.9 Å². The van der Waals surface area contributed by atoms with Crippen LogP contribution in [0.4, 0.5) is 5.82 Å². The van der Waals surface area contributed by atoms with Gasteiger partial charge in [-0.3, -0.25) is 4.79 Å². The zero-order chi connectivity index (χ0) is 18.0. The van der Waals surface area contributed by atoms with E-state index in [4.69, 9.17) is 4.98 Å². The molecule has 25 heavy (non-hydrogen) atoms. The van der Waals surface area contributed by atoms with Gasteiger partial charge in [0.25, 0.3) is 0 Å². The number of likely N-dealkylation sites (tertiary alicyclic amines) is 1. The topological polar surface area (TPSA) is 69.6 Å². The zero-order valence-electron chi connectivity index (χ0n) is 15.7. The summed E-state index contributed by atoms with van der Waals surface area (Å²) in [6, 6.07) is 0. The summed E-state index contributed by atoms with van der Waals surface area (Å²) in [4.78, 5) is 25.6. The molecule has 0 atom stereocenters. The van der Waals surface area contributed by atoms with Crippen LogP contribution in [0.2, 0.25) is 0 Å². The molecule has 3 rings (SSSR count). The smallest absolute Gasteiger partial charge is 0.222 e. The van der Waals surface area contributed by atoms with Crippen LogP contribution < -0.4 is 4.90 Å². The molecule has 0 unspecified atom stereocenters. The molecule has 0 radical (unpaired) electrons. The molecule has 1 spiro atoms. The Morgan fingerprint density at radius 3 is 2.52 bits per heavy atom. The van der Waals surface area contributed by atoms with Crippen molar-refractivity contribution in [2.75, 3.05) is 37.7 Å². The first kappa shape index (κ1) is 18.1. The number of carbonyl (C=O) groups is 1. The van der Waals surface area contributed by atoms with Gasteiger partial charge >= 0.3 is 0 Å². The molecule has 1 aromatic rings.